The Morgan fingerprint density at radius 1 is 0.444 bits per heavy atom. The van der Waals surface area contributed by atoms with Crippen LogP contribution >= 0.6 is 0 Å². The Hall–Kier alpha value is -3.58. The summed E-state index contributed by atoms with van der Waals surface area (Å²) in [5.74, 6) is 0.919. The van der Waals surface area contributed by atoms with E-state index >= 15 is 0 Å². The third kappa shape index (κ3) is 2.84. The Bertz CT molecular complexity index is 1190. The highest BCUT2D eigenvalue weighted by molar-refractivity contribution is 6.03. The third-order valence-corrected chi connectivity index (χ3v) is 4.89. The lowest BCUT2D eigenvalue weighted by atomic mass is 9.96. The molecule has 0 radical (unpaired) electrons. The van der Waals surface area contributed by atoms with Gasteiger partial charge in [0.05, 0.1) is 0 Å². The average molecular weight is 346 g/mol. The van der Waals surface area contributed by atoms with Gasteiger partial charge in [-0.3, -0.25) is 0 Å². The lowest BCUT2D eigenvalue weighted by molar-refractivity contribution is 0.632. The van der Waals surface area contributed by atoms with Gasteiger partial charge in [0.15, 0.2) is 0 Å². The van der Waals surface area contributed by atoms with Crippen LogP contribution in [-0.4, -0.2) is 0 Å². The molecule has 1 aromatic heterocycles. The van der Waals surface area contributed by atoms with Crippen molar-refractivity contribution in [3.63, 3.8) is 0 Å². The van der Waals surface area contributed by atoms with E-state index < -0.39 is 0 Å². The van der Waals surface area contributed by atoms with Gasteiger partial charge in [-0.15, -0.1) is 0 Å². The van der Waals surface area contributed by atoms with E-state index in [1.54, 1.807) is 0 Å². The summed E-state index contributed by atoms with van der Waals surface area (Å²) >= 11 is 0. The van der Waals surface area contributed by atoms with E-state index in [-0.39, 0.29) is 0 Å². The second-order valence-electron chi connectivity index (χ2n) is 6.62. The van der Waals surface area contributed by atoms with Crippen LogP contribution in [0.15, 0.2) is 114 Å². The Morgan fingerprint density at radius 2 is 1.00 bits per heavy atom. The van der Waals surface area contributed by atoms with Crippen molar-refractivity contribution in [3.8, 4) is 33.6 Å². The number of fused-ring (bicyclic) bond motifs is 1. The summed E-state index contributed by atoms with van der Waals surface area (Å²) < 4.78 is 6.33. The Balaban J connectivity index is 1.80. The molecule has 5 rings (SSSR count). The SMILES string of the molecule is c1ccc(-c2ccc3oc(-c4ccccc4)c(-c4ccccc4)c3c2)cc1. The molecule has 0 saturated carbocycles. The van der Waals surface area contributed by atoms with Gasteiger partial charge in [-0.25, -0.2) is 0 Å². The maximum absolute atomic E-state index is 6.33. The van der Waals surface area contributed by atoms with Gasteiger partial charge in [-0.05, 0) is 28.8 Å². The average Bonchev–Trinajstić information content (AvgIpc) is 3.14. The van der Waals surface area contributed by atoms with Gasteiger partial charge in [0.2, 0.25) is 0 Å². The van der Waals surface area contributed by atoms with Crippen LogP contribution in [0.2, 0.25) is 0 Å². The lowest BCUT2D eigenvalue weighted by Gasteiger charge is -2.05. The molecule has 0 aliphatic rings. The standard InChI is InChI=1S/C26H18O/c1-4-10-19(11-5-1)22-16-17-24-23(18-22)25(20-12-6-2-7-13-20)26(27-24)21-14-8-3-9-15-21/h1-18H. The smallest absolute Gasteiger partial charge is 0.143 e. The molecule has 4 aromatic carbocycles. The number of hydrogen-bond acceptors (Lipinski definition) is 1. The fourth-order valence-corrected chi connectivity index (χ4v) is 3.59. The van der Waals surface area contributed by atoms with E-state index in [9.17, 15) is 0 Å². The number of benzene rings is 4. The number of hydrogen-bond donors (Lipinski definition) is 0. The van der Waals surface area contributed by atoms with E-state index in [2.05, 4.69) is 78.9 Å². The summed E-state index contributed by atoms with van der Waals surface area (Å²) in [5.41, 5.74) is 6.72. The largest absolute Gasteiger partial charge is 0.455 e. The molecule has 5 aromatic rings. The molecule has 0 fully saturated rings. The summed E-state index contributed by atoms with van der Waals surface area (Å²) in [4.78, 5) is 0. The van der Waals surface area contributed by atoms with Crippen molar-refractivity contribution in [2.45, 2.75) is 0 Å². The van der Waals surface area contributed by atoms with E-state index in [1.807, 2.05) is 30.3 Å². The molecule has 27 heavy (non-hydrogen) atoms. The molecular formula is C26H18O. The molecule has 1 nitrogen and oxygen atoms in total. The number of furan rings is 1. The second-order valence-corrected chi connectivity index (χ2v) is 6.62. The first kappa shape index (κ1) is 15.7. The predicted molar refractivity (Wildman–Crippen MR) is 113 cm³/mol. The summed E-state index contributed by atoms with van der Waals surface area (Å²) in [6.45, 7) is 0. The maximum Gasteiger partial charge on any atom is 0.143 e. The minimum atomic E-state index is 0.910. The molecule has 0 spiro atoms. The van der Waals surface area contributed by atoms with Crippen molar-refractivity contribution in [2.24, 2.45) is 0 Å². The molecule has 0 amide bonds. The molecule has 1 heteroatoms. The van der Waals surface area contributed by atoms with Crippen LogP contribution < -0.4 is 0 Å². The van der Waals surface area contributed by atoms with Crippen LogP contribution in [0.5, 0.6) is 0 Å². The fraction of sp³-hybridized carbons (Fsp3) is 0. The van der Waals surface area contributed by atoms with Crippen LogP contribution in [0.1, 0.15) is 0 Å². The van der Waals surface area contributed by atoms with E-state index in [0.29, 0.717) is 0 Å². The summed E-state index contributed by atoms with van der Waals surface area (Å²) in [6, 6.07) is 37.7. The van der Waals surface area contributed by atoms with Crippen molar-refractivity contribution < 1.29 is 4.42 Å². The Labute approximate surface area is 158 Å². The molecule has 0 bridgehead atoms. The highest BCUT2D eigenvalue weighted by Crippen LogP contribution is 2.42. The summed E-state index contributed by atoms with van der Waals surface area (Å²) in [6.07, 6.45) is 0. The van der Waals surface area contributed by atoms with Gasteiger partial charge in [0.1, 0.15) is 11.3 Å². The van der Waals surface area contributed by atoms with Gasteiger partial charge in [-0.1, -0.05) is 97.1 Å². The first-order chi connectivity index (χ1) is 13.4. The highest BCUT2D eigenvalue weighted by Gasteiger charge is 2.18. The van der Waals surface area contributed by atoms with Gasteiger partial charge in [-0.2, -0.15) is 0 Å². The third-order valence-electron chi connectivity index (χ3n) is 4.89. The van der Waals surface area contributed by atoms with Crippen molar-refractivity contribution in [2.75, 3.05) is 0 Å². The molecule has 0 aliphatic heterocycles. The zero-order valence-electron chi connectivity index (χ0n) is 14.8. The molecule has 0 unspecified atom stereocenters. The maximum atomic E-state index is 6.33. The number of rotatable bonds is 3. The Morgan fingerprint density at radius 3 is 1.63 bits per heavy atom. The van der Waals surface area contributed by atoms with Gasteiger partial charge in [0.25, 0.3) is 0 Å². The molecule has 1 heterocycles. The minimum absolute atomic E-state index is 0.910. The highest BCUT2D eigenvalue weighted by atomic mass is 16.3. The van der Waals surface area contributed by atoms with Crippen molar-refractivity contribution in [1.29, 1.82) is 0 Å². The summed E-state index contributed by atoms with van der Waals surface area (Å²) in [7, 11) is 0. The molecule has 128 valence electrons. The molecule has 0 aliphatic carbocycles. The zero-order chi connectivity index (χ0) is 18.1. The minimum Gasteiger partial charge on any atom is -0.455 e. The van der Waals surface area contributed by atoms with Crippen LogP contribution in [0, 0.1) is 0 Å². The van der Waals surface area contributed by atoms with Crippen molar-refractivity contribution in [3.05, 3.63) is 109 Å². The van der Waals surface area contributed by atoms with E-state index in [1.165, 1.54) is 16.7 Å². The van der Waals surface area contributed by atoms with Crippen LogP contribution in [-0.2, 0) is 0 Å². The molecular weight excluding hydrogens is 328 g/mol. The second kappa shape index (κ2) is 6.62. The van der Waals surface area contributed by atoms with Gasteiger partial charge >= 0.3 is 0 Å². The van der Waals surface area contributed by atoms with E-state index in [4.69, 9.17) is 4.42 Å². The monoisotopic (exact) mass is 346 g/mol. The van der Waals surface area contributed by atoms with Crippen molar-refractivity contribution in [1.82, 2.24) is 0 Å². The fourth-order valence-electron chi connectivity index (χ4n) is 3.59. The first-order valence-electron chi connectivity index (χ1n) is 9.13. The quantitative estimate of drug-likeness (QED) is 0.331. The van der Waals surface area contributed by atoms with Gasteiger partial charge in [0, 0.05) is 16.5 Å². The molecule has 0 saturated heterocycles. The zero-order valence-corrected chi connectivity index (χ0v) is 14.8. The predicted octanol–water partition coefficient (Wildman–Crippen LogP) is 7.43. The lowest BCUT2D eigenvalue weighted by Crippen LogP contribution is -1.81. The normalized spacial score (nSPS) is 11.0. The van der Waals surface area contributed by atoms with Crippen LogP contribution in [0.4, 0.5) is 0 Å². The topological polar surface area (TPSA) is 13.1 Å². The molecule has 0 atom stereocenters. The molecule has 0 N–H and O–H groups in total. The first-order valence-corrected chi connectivity index (χ1v) is 9.13. The van der Waals surface area contributed by atoms with E-state index in [0.717, 1.165) is 27.9 Å². The van der Waals surface area contributed by atoms with Crippen LogP contribution in [0.25, 0.3) is 44.5 Å². The summed E-state index contributed by atoms with van der Waals surface area (Å²) in [5, 5.41) is 1.14. The van der Waals surface area contributed by atoms with Gasteiger partial charge < -0.3 is 4.42 Å². The Kier molecular flexibility index (Phi) is 3.84. The van der Waals surface area contributed by atoms with Crippen molar-refractivity contribution >= 4 is 11.0 Å². The van der Waals surface area contributed by atoms with Crippen LogP contribution in [0.3, 0.4) is 0 Å².